The van der Waals surface area contributed by atoms with E-state index in [1.165, 1.54) is 31.3 Å². The summed E-state index contributed by atoms with van der Waals surface area (Å²) in [6, 6.07) is 15.0. The lowest BCUT2D eigenvalue weighted by molar-refractivity contribution is -0.384. The van der Waals surface area contributed by atoms with Crippen LogP contribution in [0.15, 0.2) is 66.1 Å². The first kappa shape index (κ1) is 16.7. The van der Waals surface area contributed by atoms with E-state index in [4.69, 9.17) is 0 Å². The highest BCUT2D eigenvalue weighted by Gasteiger charge is 2.17. The van der Waals surface area contributed by atoms with Crippen LogP contribution in [0, 0.1) is 10.1 Å². The van der Waals surface area contributed by atoms with E-state index < -0.39 is 14.9 Å². The number of hydrogen-bond acceptors (Lipinski definition) is 4. The quantitative estimate of drug-likeness (QED) is 0.601. The smallest absolute Gasteiger partial charge is 0.270 e. The molecule has 23 heavy (non-hydrogen) atoms. The van der Waals surface area contributed by atoms with Gasteiger partial charge in [0.2, 0.25) is 0 Å². The van der Waals surface area contributed by atoms with Crippen LogP contribution in [-0.2, 0) is 16.4 Å². The molecule has 0 fully saturated rings. The van der Waals surface area contributed by atoms with Gasteiger partial charge in [-0.25, -0.2) is 8.42 Å². The van der Waals surface area contributed by atoms with Crippen LogP contribution < -0.4 is 4.31 Å². The molecular formula is C16H16N2O4S. The lowest BCUT2D eigenvalue weighted by Crippen LogP contribution is -2.24. The minimum absolute atomic E-state index is 0.155. The van der Waals surface area contributed by atoms with Gasteiger partial charge in [0.05, 0.1) is 10.6 Å². The van der Waals surface area contributed by atoms with Gasteiger partial charge in [-0.1, -0.05) is 42.5 Å². The molecule has 0 aromatic heterocycles. The maximum Gasteiger partial charge on any atom is 0.271 e. The van der Waals surface area contributed by atoms with Gasteiger partial charge in [-0.15, -0.1) is 0 Å². The lowest BCUT2D eigenvalue weighted by atomic mass is 10.2. The average Bonchev–Trinajstić information content (AvgIpc) is 2.55. The number of nitrogens with zero attached hydrogens (tertiary/aromatic N) is 2. The number of nitro groups is 1. The van der Waals surface area contributed by atoms with Gasteiger partial charge in [0.25, 0.3) is 15.7 Å². The maximum atomic E-state index is 12.3. The van der Waals surface area contributed by atoms with Crippen LogP contribution in [-0.4, -0.2) is 20.4 Å². The van der Waals surface area contributed by atoms with Crippen LogP contribution in [0.4, 0.5) is 11.4 Å². The highest BCUT2D eigenvalue weighted by molar-refractivity contribution is 7.95. The first-order valence-electron chi connectivity index (χ1n) is 6.84. The summed E-state index contributed by atoms with van der Waals surface area (Å²) >= 11 is 0. The largest absolute Gasteiger partial charge is 0.271 e. The van der Waals surface area contributed by atoms with Gasteiger partial charge >= 0.3 is 0 Å². The number of hydrogen-bond donors (Lipinski definition) is 0. The summed E-state index contributed by atoms with van der Waals surface area (Å²) in [6.07, 6.45) is 2.04. The van der Waals surface area contributed by atoms with E-state index in [9.17, 15) is 18.5 Å². The van der Waals surface area contributed by atoms with E-state index in [-0.39, 0.29) is 11.4 Å². The molecule has 6 nitrogen and oxygen atoms in total. The molecule has 0 spiro atoms. The molecule has 2 aromatic carbocycles. The fraction of sp³-hybridized carbons (Fsp3) is 0.125. The zero-order valence-electron chi connectivity index (χ0n) is 12.5. The molecule has 0 unspecified atom stereocenters. The molecule has 0 atom stereocenters. The van der Waals surface area contributed by atoms with Crippen molar-refractivity contribution in [1.82, 2.24) is 0 Å². The number of nitro benzene ring substituents is 1. The Hall–Kier alpha value is -2.67. The van der Waals surface area contributed by atoms with Gasteiger partial charge in [-0.05, 0) is 18.1 Å². The molecule has 0 heterocycles. The second-order valence-electron chi connectivity index (χ2n) is 4.85. The summed E-state index contributed by atoms with van der Waals surface area (Å²) in [6.45, 7) is 0. The number of allylic oxidation sites excluding steroid dienone is 1. The highest BCUT2D eigenvalue weighted by atomic mass is 32.2. The van der Waals surface area contributed by atoms with E-state index in [0.717, 1.165) is 15.3 Å². The summed E-state index contributed by atoms with van der Waals surface area (Å²) in [4.78, 5) is 10.2. The molecule has 0 aliphatic carbocycles. The van der Waals surface area contributed by atoms with Gasteiger partial charge in [0.15, 0.2) is 0 Å². The standard InChI is InChI=1S/C16H16N2O4S/c1-17(15-10-5-11-16(13-15)18(19)20)23(21,22)12-6-9-14-7-3-2-4-8-14/h2-8,10-13H,9H2,1H3/b12-6+. The third-order valence-corrected chi connectivity index (χ3v) is 4.76. The molecular weight excluding hydrogens is 316 g/mol. The summed E-state index contributed by atoms with van der Waals surface area (Å²) in [5, 5.41) is 11.9. The first-order chi connectivity index (χ1) is 10.9. The van der Waals surface area contributed by atoms with Crippen molar-refractivity contribution in [3.63, 3.8) is 0 Å². The molecule has 120 valence electrons. The maximum absolute atomic E-state index is 12.3. The molecule has 0 N–H and O–H groups in total. The van der Waals surface area contributed by atoms with Crippen LogP contribution in [0.5, 0.6) is 0 Å². The Balaban J connectivity index is 2.15. The molecule has 0 aliphatic rings. The second-order valence-corrected chi connectivity index (χ2v) is 6.70. The summed E-state index contributed by atoms with van der Waals surface area (Å²) in [7, 11) is -2.33. The number of rotatable bonds is 6. The zero-order chi connectivity index (χ0) is 16.9. The van der Waals surface area contributed by atoms with Crippen molar-refractivity contribution in [2.24, 2.45) is 0 Å². The van der Waals surface area contributed by atoms with Gasteiger partial charge in [0, 0.05) is 24.6 Å². The summed E-state index contributed by atoms with van der Waals surface area (Å²) in [5.41, 5.74) is 1.08. The Morgan fingerprint density at radius 3 is 2.48 bits per heavy atom. The van der Waals surface area contributed by atoms with Crippen molar-refractivity contribution in [3.8, 4) is 0 Å². The number of anilines is 1. The van der Waals surface area contributed by atoms with E-state index in [1.54, 1.807) is 6.08 Å². The second kappa shape index (κ2) is 7.06. The normalized spacial score (nSPS) is 11.5. The summed E-state index contributed by atoms with van der Waals surface area (Å²) < 4.78 is 25.6. The SMILES string of the molecule is CN(c1cccc([N+](=O)[O-])c1)S(=O)(=O)/C=C/Cc1ccccc1. The van der Waals surface area contributed by atoms with Crippen molar-refractivity contribution in [1.29, 1.82) is 0 Å². The monoisotopic (exact) mass is 332 g/mol. The molecule has 0 bridgehead atoms. The number of benzene rings is 2. The van der Waals surface area contributed by atoms with E-state index >= 15 is 0 Å². The molecule has 2 aromatic rings. The van der Waals surface area contributed by atoms with Crippen LogP contribution in [0.25, 0.3) is 0 Å². The minimum atomic E-state index is -3.70. The number of sulfonamides is 1. The van der Waals surface area contributed by atoms with Crippen molar-refractivity contribution in [3.05, 3.63) is 81.8 Å². The van der Waals surface area contributed by atoms with Crippen molar-refractivity contribution in [2.75, 3.05) is 11.4 Å². The van der Waals surface area contributed by atoms with Gasteiger partial charge in [-0.3, -0.25) is 14.4 Å². The van der Waals surface area contributed by atoms with Gasteiger partial charge < -0.3 is 0 Å². The fourth-order valence-corrected chi connectivity index (χ4v) is 2.89. The third kappa shape index (κ3) is 4.40. The van der Waals surface area contributed by atoms with E-state index in [0.29, 0.717) is 6.42 Å². The number of non-ortho nitro benzene ring substituents is 1. The highest BCUT2D eigenvalue weighted by Crippen LogP contribution is 2.22. The molecule has 0 aliphatic heterocycles. The Labute approximate surface area is 134 Å². The Bertz CT molecular complexity index is 817. The molecule has 7 heteroatoms. The average molecular weight is 332 g/mol. The van der Waals surface area contributed by atoms with E-state index in [2.05, 4.69) is 0 Å². The summed E-state index contributed by atoms with van der Waals surface area (Å²) in [5.74, 6) is 0. The van der Waals surface area contributed by atoms with Gasteiger partial charge in [-0.2, -0.15) is 0 Å². The molecule has 0 saturated heterocycles. The Kier molecular flexibility index (Phi) is 5.13. The molecule has 0 radical (unpaired) electrons. The predicted octanol–water partition coefficient (Wildman–Crippen LogP) is 3.12. The van der Waals surface area contributed by atoms with Crippen molar-refractivity contribution >= 4 is 21.4 Å². The Morgan fingerprint density at radius 2 is 1.83 bits per heavy atom. The fourth-order valence-electron chi connectivity index (χ4n) is 1.96. The molecule has 0 saturated carbocycles. The predicted molar refractivity (Wildman–Crippen MR) is 89.7 cm³/mol. The van der Waals surface area contributed by atoms with Crippen molar-refractivity contribution < 1.29 is 13.3 Å². The van der Waals surface area contributed by atoms with Crippen LogP contribution in [0.2, 0.25) is 0 Å². The van der Waals surface area contributed by atoms with Crippen LogP contribution >= 0.6 is 0 Å². The van der Waals surface area contributed by atoms with Crippen molar-refractivity contribution in [2.45, 2.75) is 6.42 Å². The molecule has 0 amide bonds. The Morgan fingerprint density at radius 1 is 1.13 bits per heavy atom. The van der Waals surface area contributed by atoms with Crippen LogP contribution in [0.3, 0.4) is 0 Å². The third-order valence-electron chi connectivity index (χ3n) is 3.25. The lowest BCUT2D eigenvalue weighted by Gasteiger charge is -2.16. The van der Waals surface area contributed by atoms with Crippen LogP contribution in [0.1, 0.15) is 5.56 Å². The zero-order valence-corrected chi connectivity index (χ0v) is 13.3. The van der Waals surface area contributed by atoms with Gasteiger partial charge in [0.1, 0.15) is 0 Å². The minimum Gasteiger partial charge on any atom is -0.270 e. The van der Waals surface area contributed by atoms with E-state index in [1.807, 2.05) is 30.3 Å². The topological polar surface area (TPSA) is 80.5 Å². The molecule has 2 rings (SSSR count). The first-order valence-corrected chi connectivity index (χ1v) is 8.34.